The Kier molecular flexibility index (Phi) is 3.08. The highest BCUT2D eigenvalue weighted by molar-refractivity contribution is 5.81. The number of rotatable bonds is 4. The van der Waals surface area contributed by atoms with E-state index in [-0.39, 0.29) is 6.42 Å². The van der Waals surface area contributed by atoms with Gasteiger partial charge in [0.25, 0.3) is 0 Å². The van der Waals surface area contributed by atoms with Crippen molar-refractivity contribution in [3.05, 3.63) is 30.0 Å². The van der Waals surface area contributed by atoms with E-state index in [4.69, 9.17) is 5.73 Å². The number of aromatic nitrogens is 2. The van der Waals surface area contributed by atoms with Crippen LogP contribution in [0.5, 0.6) is 0 Å². The third-order valence-corrected chi connectivity index (χ3v) is 2.56. The number of amides is 1. The second kappa shape index (κ2) is 4.52. The Morgan fingerprint density at radius 3 is 2.82 bits per heavy atom. The summed E-state index contributed by atoms with van der Waals surface area (Å²) < 4.78 is 0. The number of carbonyl (C=O) groups is 1. The standard InChI is InChI=1S/C11H13N3O3/c12-9(16)5-8(15)11(17)10-6-3-1-2-4-7(6)13-14-10/h1-4,8,11,15,17H,5H2,(H2,12,16)(H,13,14). The van der Waals surface area contributed by atoms with Crippen molar-refractivity contribution in [2.45, 2.75) is 18.6 Å². The van der Waals surface area contributed by atoms with Crippen LogP contribution in [0.25, 0.3) is 10.9 Å². The molecule has 0 aliphatic carbocycles. The number of fused-ring (bicyclic) bond motifs is 1. The van der Waals surface area contributed by atoms with E-state index in [1.54, 1.807) is 18.2 Å². The van der Waals surface area contributed by atoms with Gasteiger partial charge in [0.15, 0.2) is 0 Å². The van der Waals surface area contributed by atoms with Crippen LogP contribution in [0.4, 0.5) is 0 Å². The fourth-order valence-corrected chi connectivity index (χ4v) is 1.72. The van der Waals surface area contributed by atoms with Crippen molar-refractivity contribution >= 4 is 16.8 Å². The van der Waals surface area contributed by atoms with Gasteiger partial charge in [0.05, 0.1) is 23.7 Å². The highest BCUT2D eigenvalue weighted by Crippen LogP contribution is 2.24. The monoisotopic (exact) mass is 235 g/mol. The van der Waals surface area contributed by atoms with Crippen molar-refractivity contribution in [3.8, 4) is 0 Å². The minimum Gasteiger partial charge on any atom is -0.389 e. The number of carbonyl (C=O) groups excluding carboxylic acids is 1. The first-order valence-electron chi connectivity index (χ1n) is 5.17. The molecule has 2 aromatic rings. The molecule has 2 rings (SSSR count). The minimum atomic E-state index is -1.24. The van der Waals surface area contributed by atoms with Crippen molar-refractivity contribution in [3.63, 3.8) is 0 Å². The van der Waals surface area contributed by atoms with Crippen LogP contribution in [0.2, 0.25) is 0 Å². The van der Waals surface area contributed by atoms with Gasteiger partial charge in [-0.15, -0.1) is 0 Å². The van der Waals surface area contributed by atoms with Gasteiger partial charge in [-0.2, -0.15) is 5.10 Å². The van der Waals surface area contributed by atoms with Gasteiger partial charge < -0.3 is 15.9 Å². The zero-order valence-corrected chi connectivity index (χ0v) is 9.00. The van der Waals surface area contributed by atoms with Gasteiger partial charge in [-0.25, -0.2) is 0 Å². The van der Waals surface area contributed by atoms with E-state index in [1.165, 1.54) is 0 Å². The number of nitrogens with zero attached hydrogens (tertiary/aromatic N) is 1. The molecule has 1 aromatic carbocycles. The third-order valence-electron chi connectivity index (χ3n) is 2.56. The van der Waals surface area contributed by atoms with Crippen LogP contribution in [0, 0.1) is 0 Å². The average molecular weight is 235 g/mol. The molecule has 1 amide bonds. The van der Waals surface area contributed by atoms with Gasteiger partial charge in [0.2, 0.25) is 5.91 Å². The normalized spacial score (nSPS) is 14.7. The summed E-state index contributed by atoms with van der Waals surface area (Å²) in [6.45, 7) is 0. The summed E-state index contributed by atoms with van der Waals surface area (Å²) in [6.07, 6.45) is -2.75. The fourth-order valence-electron chi connectivity index (χ4n) is 1.72. The molecule has 0 aliphatic heterocycles. The zero-order valence-electron chi connectivity index (χ0n) is 9.00. The molecule has 0 fully saturated rings. The van der Waals surface area contributed by atoms with Crippen LogP contribution in [-0.4, -0.2) is 32.4 Å². The summed E-state index contributed by atoms with van der Waals surface area (Å²) >= 11 is 0. The summed E-state index contributed by atoms with van der Waals surface area (Å²) in [6, 6.07) is 7.17. The molecule has 1 aromatic heterocycles. The van der Waals surface area contributed by atoms with E-state index < -0.39 is 18.1 Å². The lowest BCUT2D eigenvalue weighted by Crippen LogP contribution is -2.26. The van der Waals surface area contributed by atoms with Crippen molar-refractivity contribution in [2.75, 3.05) is 0 Å². The van der Waals surface area contributed by atoms with Gasteiger partial charge in [0, 0.05) is 5.39 Å². The van der Waals surface area contributed by atoms with Crippen molar-refractivity contribution in [2.24, 2.45) is 5.73 Å². The number of nitrogens with two attached hydrogens (primary N) is 1. The van der Waals surface area contributed by atoms with Gasteiger partial charge in [-0.1, -0.05) is 18.2 Å². The predicted octanol–water partition coefficient (Wildman–Crippen LogP) is -0.167. The first-order valence-corrected chi connectivity index (χ1v) is 5.17. The maximum absolute atomic E-state index is 10.7. The van der Waals surface area contributed by atoms with Crippen LogP contribution in [0.15, 0.2) is 24.3 Å². The average Bonchev–Trinajstić information content (AvgIpc) is 2.70. The van der Waals surface area contributed by atoms with Crippen LogP contribution in [-0.2, 0) is 4.79 Å². The number of H-pyrrole nitrogens is 1. The topological polar surface area (TPSA) is 112 Å². The van der Waals surface area contributed by atoms with Crippen molar-refractivity contribution in [1.82, 2.24) is 10.2 Å². The maximum Gasteiger partial charge on any atom is 0.220 e. The number of aliphatic hydroxyl groups excluding tert-OH is 2. The molecule has 0 spiro atoms. The van der Waals surface area contributed by atoms with E-state index >= 15 is 0 Å². The Morgan fingerprint density at radius 2 is 2.12 bits per heavy atom. The lowest BCUT2D eigenvalue weighted by Gasteiger charge is -2.15. The molecule has 0 saturated heterocycles. The molecule has 6 nitrogen and oxygen atoms in total. The van der Waals surface area contributed by atoms with E-state index in [1.807, 2.05) is 6.07 Å². The largest absolute Gasteiger partial charge is 0.389 e. The zero-order chi connectivity index (χ0) is 12.4. The number of para-hydroxylation sites is 1. The Balaban J connectivity index is 2.30. The summed E-state index contributed by atoms with van der Waals surface area (Å²) in [5, 5.41) is 26.9. The summed E-state index contributed by atoms with van der Waals surface area (Å²) in [7, 11) is 0. The lowest BCUT2D eigenvalue weighted by molar-refractivity contribution is -0.121. The predicted molar refractivity (Wildman–Crippen MR) is 60.9 cm³/mol. The smallest absolute Gasteiger partial charge is 0.220 e. The second-order valence-corrected chi connectivity index (χ2v) is 3.84. The SMILES string of the molecule is NC(=O)CC(O)C(O)c1[nH]nc2ccccc12. The highest BCUT2D eigenvalue weighted by atomic mass is 16.3. The van der Waals surface area contributed by atoms with Gasteiger partial charge in [-0.3, -0.25) is 9.89 Å². The summed E-state index contributed by atoms with van der Waals surface area (Å²) in [5.74, 6) is -0.666. The first-order chi connectivity index (χ1) is 8.09. The Labute approximate surface area is 97.1 Å². The van der Waals surface area contributed by atoms with Gasteiger partial charge >= 0.3 is 0 Å². The number of hydrogen-bond acceptors (Lipinski definition) is 4. The first kappa shape index (κ1) is 11.6. The molecule has 2 unspecified atom stereocenters. The Bertz CT molecular complexity index is 537. The Morgan fingerprint density at radius 1 is 1.41 bits per heavy atom. The molecule has 0 aliphatic rings. The van der Waals surface area contributed by atoms with Crippen molar-refractivity contribution < 1.29 is 15.0 Å². The number of nitrogens with one attached hydrogen (secondary N) is 1. The molecule has 5 N–H and O–H groups in total. The quantitative estimate of drug-likeness (QED) is 0.589. The summed E-state index contributed by atoms with van der Waals surface area (Å²) in [5.41, 5.74) is 6.03. The molecule has 2 atom stereocenters. The molecule has 0 bridgehead atoms. The number of primary amides is 1. The lowest BCUT2D eigenvalue weighted by atomic mass is 10.0. The van der Waals surface area contributed by atoms with Crippen molar-refractivity contribution in [1.29, 1.82) is 0 Å². The number of aromatic amines is 1. The van der Waals surface area contributed by atoms with E-state index in [2.05, 4.69) is 10.2 Å². The number of benzene rings is 1. The fraction of sp³-hybridized carbons (Fsp3) is 0.273. The highest BCUT2D eigenvalue weighted by Gasteiger charge is 2.23. The molecule has 0 radical (unpaired) electrons. The van der Waals surface area contributed by atoms with Crippen LogP contribution < -0.4 is 5.73 Å². The van der Waals surface area contributed by atoms with Crippen LogP contribution >= 0.6 is 0 Å². The second-order valence-electron chi connectivity index (χ2n) is 3.84. The Hall–Kier alpha value is -1.92. The number of aliphatic hydroxyl groups is 2. The van der Waals surface area contributed by atoms with Gasteiger partial charge in [0.1, 0.15) is 6.10 Å². The molecule has 6 heteroatoms. The number of hydrogen-bond donors (Lipinski definition) is 4. The molecular formula is C11H13N3O3. The van der Waals surface area contributed by atoms with E-state index in [0.29, 0.717) is 16.6 Å². The van der Waals surface area contributed by atoms with Crippen LogP contribution in [0.1, 0.15) is 18.2 Å². The summed E-state index contributed by atoms with van der Waals surface area (Å²) in [4.78, 5) is 10.7. The maximum atomic E-state index is 10.7. The van der Waals surface area contributed by atoms with E-state index in [9.17, 15) is 15.0 Å². The minimum absolute atomic E-state index is 0.297. The molecule has 17 heavy (non-hydrogen) atoms. The molecular weight excluding hydrogens is 222 g/mol. The third kappa shape index (κ3) is 2.27. The molecule has 90 valence electrons. The van der Waals surface area contributed by atoms with Gasteiger partial charge in [-0.05, 0) is 6.07 Å². The molecule has 1 heterocycles. The van der Waals surface area contributed by atoms with Crippen LogP contribution in [0.3, 0.4) is 0 Å². The molecule has 0 saturated carbocycles. The van der Waals surface area contributed by atoms with E-state index in [0.717, 1.165) is 0 Å².